The molecule has 0 spiro atoms. The molecule has 1 aliphatic heterocycles. The van der Waals surface area contributed by atoms with Gasteiger partial charge in [-0.2, -0.15) is 0 Å². The van der Waals surface area contributed by atoms with E-state index in [0.29, 0.717) is 44.4 Å². The summed E-state index contributed by atoms with van der Waals surface area (Å²) in [7, 11) is 0. The number of piperazine rings is 1. The van der Waals surface area contributed by atoms with Crippen LogP contribution in [0, 0.1) is 6.92 Å². The van der Waals surface area contributed by atoms with Crippen LogP contribution in [0.15, 0.2) is 10.6 Å². The summed E-state index contributed by atoms with van der Waals surface area (Å²) >= 11 is 0. The van der Waals surface area contributed by atoms with Crippen LogP contribution in [0.25, 0.3) is 0 Å². The van der Waals surface area contributed by atoms with Crippen LogP contribution in [0.2, 0.25) is 0 Å². The maximum atomic E-state index is 11.9. The van der Waals surface area contributed by atoms with Gasteiger partial charge < -0.3 is 19.5 Å². The zero-order valence-electron chi connectivity index (χ0n) is 13.0. The molecule has 2 amide bonds. The van der Waals surface area contributed by atoms with Crippen molar-refractivity contribution < 1.29 is 18.8 Å². The molecule has 0 saturated carbocycles. The number of rotatable bonds is 6. The summed E-state index contributed by atoms with van der Waals surface area (Å²) in [6.07, 6.45) is 0. The zero-order valence-corrected chi connectivity index (χ0v) is 13.0. The highest BCUT2D eigenvalue weighted by atomic mass is 16.5. The van der Waals surface area contributed by atoms with E-state index in [1.165, 1.54) is 0 Å². The van der Waals surface area contributed by atoms with Gasteiger partial charge in [0, 0.05) is 38.9 Å². The molecule has 1 saturated heterocycles. The van der Waals surface area contributed by atoms with Gasteiger partial charge in [0.1, 0.15) is 12.4 Å². The summed E-state index contributed by atoms with van der Waals surface area (Å²) in [5, 5.41) is 6.41. The number of nitrogens with one attached hydrogen (secondary N) is 1. The van der Waals surface area contributed by atoms with Crippen molar-refractivity contribution in [2.75, 3.05) is 51.3 Å². The van der Waals surface area contributed by atoms with Gasteiger partial charge in [0.05, 0.1) is 6.54 Å². The van der Waals surface area contributed by atoms with Crippen LogP contribution in [0.4, 0.5) is 5.82 Å². The molecule has 0 unspecified atom stereocenters. The average Bonchev–Trinajstić information content (AvgIpc) is 2.90. The van der Waals surface area contributed by atoms with Gasteiger partial charge in [-0.25, -0.2) is 0 Å². The maximum Gasteiger partial charge on any atom is 0.248 e. The van der Waals surface area contributed by atoms with Crippen LogP contribution in [-0.4, -0.2) is 72.7 Å². The van der Waals surface area contributed by atoms with Gasteiger partial charge in [0.25, 0.3) is 0 Å². The minimum Gasteiger partial charge on any atom is -0.372 e. The topological polar surface area (TPSA) is 87.9 Å². The number of aryl methyl sites for hydroxylation is 1. The lowest BCUT2D eigenvalue weighted by atomic mass is 10.3. The highest BCUT2D eigenvalue weighted by Crippen LogP contribution is 2.08. The van der Waals surface area contributed by atoms with E-state index in [2.05, 4.69) is 10.5 Å². The fourth-order valence-corrected chi connectivity index (χ4v) is 2.25. The molecule has 0 radical (unpaired) electrons. The average molecular weight is 310 g/mol. The number of nitrogens with zero attached hydrogens (tertiary/aromatic N) is 3. The third kappa shape index (κ3) is 4.81. The third-order valence-corrected chi connectivity index (χ3v) is 3.42. The number of carbonyl (C=O) groups excluding carboxylic acids is 2. The first-order valence-electron chi connectivity index (χ1n) is 7.39. The van der Waals surface area contributed by atoms with Gasteiger partial charge in [-0.1, -0.05) is 5.16 Å². The van der Waals surface area contributed by atoms with Gasteiger partial charge in [-0.3, -0.25) is 14.5 Å². The molecule has 22 heavy (non-hydrogen) atoms. The second kappa shape index (κ2) is 7.90. The number of hydrogen-bond acceptors (Lipinski definition) is 6. The number of amides is 2. The normalized spacial score (nSPS) is 15.8. The lowest BCUT2D eigenvalue weighted by Crippen LogP contribution is -2.51. The molecule has 0 bridgehead atoms. The first kappa shape index (κ1) is 16.4. The highest BCUT2D eigenvalue weighted by molar-refractivity contribution is 5.91. The first-order chi connectivity index (χ1) is 10.6. The van der Waals surface area contributed by atoms with Crippen molar-refractivity contribution in [3.63, 3.8) is 0 Å². The number of hydrogen-bond donors (Lipinski definition) is 1. The van der Waals surface area contributed by atoms with Crippen LogP contribution in [-0.2, 0) is 14.3 Å². The molecule has 0 aliphatic carbocycles. The number of anilines is 1. The largest absolute Gasteiger partial charge is 0.372 e. The Balaban J connectivity index is 1.70. The van der Waals surface area contributed by atoms with Crippen molar-refractivity contribution in [3.05, 3.63) is 11.8 Å². The molecule has 1 aromatic rings. The Morgan fingerprint density at radius 1 is 1.36 bits per heavy atom. The van der Waals surface area contributed by atoms with E-state index in [9.17, 15) is 9.59 Å². The molecule has 122 valence electrons. The number of carbonyl (C=O) groups is 2. The Morgan fingerprint density at radius 3 is 2.68 bits per heavy atom. The monoisotopic (exact) mass is 310 g/mol. The summed E-state index contributed by atoms with van der Waals surface area (Å²) < 4.78 is 10.0. The molecular formula is C14H22N4O4. The number of ether oxygens (including phenoxy) is 1. The predicted octanol–water partition coefficient (Wildman–Crippen LogP) is 0.102. The molecular weight excluding hydrogens is 288 g/mol. The van der Waals surface area contributed by atoms with Crippen molar-refractivity contribution in [1.82, 2.24) is 15.0 Å². The molecule has 1 N–H and O–H groups in total. The predicted molar refractivity (Wildman–Crippen MR) is 79.4 cm³/mol. The lowest BCUT2D eigenvalue weighted by molar-refractivity contribution is -0.137. The summed E-state index contributed by atoms with van der Waals surface area (Å²) in [4.78, 5) is 27.5. The van der Waals surface area contributed by atoms with Gasteiger partial charge in [0.15, 0.2) is 5.82 Å². The summed E-state index contributed by atoms with van der Waals surface area (Å²) in [5.41, 5.74) is 0. The smallest absolute Gasteiger partial charge is 0.248 e. The molecule has 8 nitrogen and oxygen atoms in total. The Labute approximate surface area is 129 Å². The second-order valence-electron chi connectivity index (χ2n) is 5.17. The molecule has 0 atom stereocenters. The second-order valence-corrected chi connectivity index (χ2v) is 5.17. The maximum absolute atomic E-state index is 11.9. The summed E-state index contributed by atoms with van der Waals surface area (Å²) in [6, 6.07) is 1.67. The van der Waals surface area contributed by atoms with E-state index in [0.717, 1.165) is 0 Å². The summed E-state index contributed by atoms with van der Waals surface area (Å²) in [6.45, 7) is 7.13. The van der Waals surface area contributed by atoms with Crippen LogP contribution in [0.5, 0.6) is 0 Å². The van der Waals surface area contributed by atoms with Crippen molar-refractivity contribution in [2.45, 2.75) is 13.8 Å². The molecule has 8 heteroatoms. The van der Waals surface area contributed by atoms with E-state index in [1.54, 1.807) is 17.9 Å². The van der Waals surface area contributed by atoms with E-state index in [4.69, 9.17) is 9.26 Å². The van der Waals surface area contributed by atoms with Crippen LogP contribution >= 0.6 is 0 Å². The highest BCUT2D eigenvalue weighted by Gasteiger charge is 2.22. The van der Waals surface area contributed by atoms with Gasteiger partial charge >= 0.3 is 0 Å². The van der Waals surface area contributed by atoms with Crippen LogP contribution in [0.1, 0.15) is 12.7 Å². The Morgan fingerprint density at radius 2 is 2.09 bits per heavy atom. The van der Waals surface area contributed by atoms with Crippen LogP contribution in [0.3, 0.4) is 0 Å². The summed E-state index contributed by atoms with van der Waals surface area (Å²) in [5.74, 6) is 0.941. The van der Waals surface area contributed by atoms with Crippen molar-refractivity contribution in [3.8, 4) is 0 Å². The quantitative estimate of drug-likeness (QED) is 0.802. The molecule has 0 aromatic carbocycles. The minimum absolute atomic E-state index is 0.00373. The fraction of sp³-hybridized carbons (Fsp3) is 0.643. The van der Waals surface area contributed by atoms with Gasteiger partial charge in [-0.15, -0.1) is 0 Å². The third-order valence-electron chi connectivity index (χ3n) is 3.42. The van der Waals surface area contributed by atoms with Crippen molar-refractivity contribution >= 4 is 17.6 Å². The lowest BCUT2D eigenvalue weighted by Gasteiger charge is -2.34. The van der Waals surface area contributed by atoms with E-state index in [1.807, 2.05) is 11.8 Å². The molecule has 2 rings (SSSR count). The Hall–Kier alpha value is -1.93. The van der Waals surface area contributed by atoms with Crippen LogP contribution < -0.4 is 5.32 Å². The SMILES string of the molecule is CCOCC(=O)N1CCN(CC(=O)Nc2cc(C)on2)CC1. The van der Waals surface area contributed by atoms with Crippen molar-refractivity contribution in [1.29, 1.82) is 0 Å². The minimum atomic E-state index is -0.137. The molecule has 1 aliphatic rings. The van der Waals surface area contributed by atoms with E-state index >= 15 is 0 Å². The zero-order chi connectivity index (χ0) is 15.9. The molecule has 2 heterocycles. The fourth-order valence-electron chi connectivity index (χ4n) is 2.25. The Kier molecular flexibility index (Phi) is 5.91. The van der Waals surface area contributed by atoms with Crippen molar-refractivity contribution in [2.24, 2.45) is 0 Å². The molecule has 1 fully saturated rings. The Bertz CT molecular complexity index is 509. The van der Waals surface area contributed by atoms with Gasteiger partial charge in [-0.05, 0) is 13.8 Å². The number of aromatic nitrogens is 1. The first-order valence-corrected chi connectivity index (χ1v) is 7.39. The van der Waals surface area contributed by atoms with E-state index < -0.39 is 0 Å². The standard InChI is InChI=1S/C14H22N4O4/c1-3-21-10-14(20)18-6-4-17(5-7-18)9-13(19)15-12-8-11(2)22-16-12/h8H,3-7,9-10H2,1-2H3,(H,15,16,19). The van der Waals surface area contributed by atoms with E-state index in [-0.39, 0.29) is 25.0 Å². The van der Waals surface area contributed by atoms with Gasteiger partial charge in [0.2, 0.25) is 11.8 Å². The molecule has 1 aromatic heterocycles.